The third kappa shape index (κ3) is 3.72. The van der Waals surface area contributed by atoms with Crippen LogP contribution in [0.15, 0.2) is 22.7 Å². The third-order valence-corrected chi connectivity index (χ3v) is 3.85. The number of nitrogens with two attached hydrogens (primary N) is 1. The van der Waals surface area contributed by atoms with E-state index in [9.17, 15) is 4.79 Å². The number of thioether (sulfide) groups is 1. The molecule has 1 aromatic carbocycles. The predicted octanol–water partition coefficient (Wildman–Crippen LogP) is 2.51. The smallest absolute Gasteiger partial charge is 0.252 e. The Bertz CT molecular complexity index is 384. The molecule has 0 bridgehead atoms. The van der Waals surface area contributed by atoms with Gasteiger partial charge in [-0.05, 0) is 40.4 Å². The molecule has 0 saturated heterocycles. The number of hydrogen-bond acceptors (Lipinski definition) is 3. The van der Waals surface area contributed by atoms with Crippen molar-refractivity contribution < 1.29 is 4.79 Å². The van der Waals surface area contributed by atoms with Crippen LogP contribution in [0.1, 0.15) is 17.3 Å². The molecule has 1 rings (SSSR count). The quantitative estimate of drug-likeness (QED) is 0.840. The summed E-state index contributed by atoms with van der Waals surface area (Å²) >= 11 is 5.05. The third-order valence-electron chi connectivity index (χ3n) is 2.19. The van der Waals surface area contributed by atoms with Gasteiger partial charge in [-0.2, -0.15) is 11.8 Å². The summed E-state index contributed by atoms with van der Waals surface area (Å²) in [7, 11) is 0. The summed E-state index contributed by atoms with van der Waals surface area (Å²) in [4.78, 5) is 11.8. The van der Waals surface area contributed by atoms with Gasteiger partial charge in [0.15, 0.2) is 0 Å². The average molecular weight is 303 g/mol. The Balaban J connectivity index is 2.69. The summed E-state index contributed by atoms with van der Waals surface area (Å²) in [6.07, 6.45) is 2.02. The second-order valence-electron chi connectivity index (χ2n) is 3.50. The minimum Gasteiger partial charge on any atom is -0.399 e. The van der Waals surface area contributed by atoms with E-state index in [1.54, 1.807) is 30.0 Å². The lowest BCUT2D eigenvalue weighted by Crippen LogP contribution is -2.29. The van der Waals surface area contributed by atoms with Crippen LogP contribution in [-0.4, -0.2) is 24.0 Å². The van der Waals surface area contributed by atoms with Crippen LogP contribution >= 0.6 is 27.7 Å². The monoisotopic (exact) mass is 302 g/mol. The lowest BCUT2D eigenvalue weighted by Gasteiger charge is -2.11. The number of anilines is 1. The molecule has 3 nitrogen and oxygen atoms in total. The highest BCUT2D eigenvalue weighted by atomic mass is 79.9. The minimum atomic E-state index is -0.0972. The van der Waals surface area contributed by atoms with Crippen LogP contribution in [0.2, 0.25) is 0 Å². The molecule has 3 N–H and O–H groups in total. The molecule has 88 valence electrons. The van der Waals surface area contributed by atoms with Gasteiger partial charge >= 0.3 is 0 Å². The Labute approximate surface area is 108 Å². The largest absolute Gasteiger partial charge is 0.399 e. The van der Waals surface area contributed by atoms with Crippen LogP contribution in [0.25, 0.3) is 0 Å². The zero-order chi connectivity index (χ0) is 12.1. The topological polar surface area (TPSA) is 55.1 Å². The van der Waals surface area contributed by atoms with E-state index in [4.69, 9.17) is 5.73 Å². The number of benzene rings is 1. The molecule has 0 aliphatic heterocycles. The first kappa shape index (κ1) is 13.4. The van der Waals surface area contributed by atoms with Crippen molar-refractivity contribution in [2.45, 2.75) is 12.2 Å². The number of nitrogens with one attached hydrogen (secondary N) is 1. The van der Waals surface area contributed by atoms with Crippen molar-refractivity contribution in [3.05, 3.63) is 28.2 Å². The molecule has 16 heavy (non-hydrogen) atoms. The lowest BCUT2D eigenvalue weighted by molar-refractivity contribution is 0.0953. The molecule has 0 heterocycles. The first-order valence-electron chi connectivity index (χ1n) is 4.90. The predicted molar refractivity (Wildman–Crippen MR) is 73.9 cm³/mol. The van der Waals surface area contributed by atoms with Crippen LogP contribution in [-0.2, 0) is 0 Å². The van der Waals surface area contributed by atoms with E-state index in [-0.39, 0.29) is 5.91 Å². The van der Waals surface area contributed by atoms with Crippen molar-refractivity contribution in [1.82, 2.24) is 5.32 Å². The summed E-state index contributed by atoms with van der Waals surface area (Å²) in [6, 6.07) is 5.21. The van der Waals surface area contributed by atoms with Gasteiger partial charge in [-0.3, -0.25) is 4.79 Å². The lowest BCUT2D eigenvalue weighted by atomic mass is 10.2. The molecule has 0 radical (unpaired) electrons. The molecule has 0 spiro atoms. The van der Waals surface area contributed by atoms with Crippen molar-refractivity contribution in [3.8, 4) is 0 Å². The van der Waals surface area contributed by atoms with E-state index in [0.29, 0.717) is 23.0 Å². The molecule has 1 aromatic rings. The summed E-state index contributed by atoms with van der Waals surface area (Å²) in [5, 5.41) is 3.28. The van der Waals surface area contributed by atoms with Gasteiger partial charge in [-0.1, -0.05) is 6.92 Å². The molecule has 0 aromatic heterocycles. The van der Waals surface area contributed by atoms with Crippen LogP contribution in [0.4, 0.5) is 5.69 Å². The average Bonchev–Trinajstić information content (AvgIpc) is 2.28. The highest BCUT2D eigenvalue weighted by Crippen LogP contribution is 2.19. The van der Waals surface area contributed by atoms with Gasteiger partial charge in [0.25, 0.3) is 5.91 Å². The molecule has 1 atom stereocenters. The van der Waals surface area contributed by atoms with Crippen LogP contribution in [0.5, 0.6) is 0 Å². The van der Waals surface area contributed by atoms with E-state index < -0.39 is 0 Å². The van der Waals surface area contributed by atoms with Crippen LogP contribution in [0, 0.1) is 0 Å². The fraction of sp³-hybridized carbons (Fsp3) is 0.364. The van der Waals surface area contributed by atoms with Gasteiger partial charge in [0, 0.05) is 22.0 Å². The highest BCUT2D eigenvalue weighted by molar-refractivity contribution is 9.10. The zero-order valence-electron chi connectivity index (χ0n) is 9.29. The molecule has 5 heteroatoms. The number of carbonyl (C=O) groups excluding carboxylic acids is 1. The molecule has 1 unspecified atom stereocenters. The maximum absolute atomic E-state index is 11.8. The minimum absolute atomic E-state index is 0.0972. The Kier molecular flexibility index (Phi) is 5.15. The molecule has 0 fully saturated rings. The molecule has 0 aliphatic rings. The van der Waals surface area contributed by atoms with E-state index in [2.05, 4.69) is 28.2 Å². The Hall–Kier alpha value is -0.680. The van der Waals surface area contributed by atoms with Crippen molar-refractivity contribution in [2.24, 2.45) is 0 Å². The van der Waals surface area contributed by atoms with E-state index in [1.807, 2.05) is 6.26 Å². The molecule has 1 amide bonds. The van der Waals surface area contributed by atoms with E-state index in [0.717, 1.165) is 4.47 Å². The molecular formula is C11H15BrN2OS. The van der Waals surface area contributed by atoms with Gasteiger partial charge in [-0.15, -0.1) is 0 Å². The Morgan fingerprint density at radius 3 is 2.94 bits per heavy atom. The summed E-state index contributed by atoms with van der Waals surface area (Å²) in [5.41, 5.74) is 6.81. The van der Waals surface area contributed by atoms with E-state index in [1.165, 1.54) is 0 Å². The first-order valence-corrected chi connectivity index (χ1v) is 6.98. The Morgan fingerprint density at radius 2 is 2.31 bits per heavy atom. The van der Waals surface area contributed by atoms with Crippen LogP contribution in [0.3, 0.4) is 0 Å². The number of amides is 1. The summed E-state index contributed by atoms with van der Waals surface area (Å²) < 4.78 is 0.760. The van der Waals surface area contributed by atoms with Crippen molar-refractivity contribution >= 4 is 39.3 Å². The summed E-state index contributed by atoms with van der Waals surface area (Å²) in [5.74, 6) is -0.0972. The number of carbonyl (C=O) groups is 1. The van der Waals surface area contributed by atoms with Gasteiger partial charge < -0.3 is 11.1 Å². The van der Waals surface area contributed by atoms with Crippen molar-refractivity contribution in [3.63, 3.8) is 0 Å². The summed E-state index contributed by atoms with van der Waals surface area (Å²) in [6.45, 7) is 2.72. The van der Waals surface area contributed by atoms with Gasteiger partial charge in [0.05, 0.1) is 5.56 Å². The highest BCUT2D eigenvalue weighted by Gasteiger charge is 2.10. The second-order valence-corrected chi connectivity index (χ2v) is 5.63. The number of rotatable bonds is 4. The Morgan fingerprint density at radius 1 is 1.62 bits per heavy atom. The zero-order valence-corrected chi connectivity index (χ0v) is 11.7. The fourth-order valence-electron chi connectivity index (χ4n) is 1.13. The van der Waals surface area contributed by atoms with Gasteiger partial charge in [0.1, 0.15) is 0 Å². The normalized spacial score (nSPS) is 12.2. The van der Waals surface area contributed by atoms with E-state index >= 15 is 0 Å². The standard InChI is InChI=1S/C11H15BrN2OS/c1-7(16-2)6-14-11(15)9-5-8(13)3-4-10(9)12/h3-5,7H,6,13H2,1-2H3,(H,14,15). The number of hydrogen-bond donors (Lipinski definition) is 2. The SMILES string of the molecule is CSC(C)CNC(=O)c1cc(N)ccc1Br. The molecule has 0 aliphatic carbocycles. The van der Waals surface area contributed by atoms with Gasteiger partial charge in [-0.25, -0.2) is 0 Å². The number of nitrogen functional groups attached to an aromatic ring is 1. The van der Waals surface area contributed by atoms with Crippen molar-refractivity contribution in [2.75, 3.05) is 18.5 Å². The fourth-order valence-corrected chi connectivity index (χ4v) is 1.81. The maximum Gasteiger partial charge on any atom is 0.252 e. The maximum atomic E-state index is 11.8. The van der Waals surface area contributed by atoms with Gasteiger partial charge in [0.2, 0.25) is 0 Å². The van der Waals surface area contributed by atoms with Crippen molar-refractivity contribution in [1.29, 1.82) is 0 Å². The molecular weight excluding hydrogens is 288 g/mol. The molecule has 0 saturated carbocycles. The number of halogens is 1. The second kappa shape index (κ2) is 6.15. The van der Waals surface area contributed by atoms with Crippen LogP contribution < -0.4 is 11.1 Å². The first-order chi connectivity index (χ1) is 7.54.